The number of sulfone groups is 1. The van der Waals surface area contributed by atoms with Crippen LogP contribution in [0.15, 0.2) is 29.3 Å². The van der Waals surface area contributed by atoms with Crippen molar-refractivity contribution in [3.8, 4) is 11.8 Å². The Bertz CT molecular complexity index is 859. The first kappa shape index (κ1) is 18.7. The molecule has 0 aliphatic carbocycles. The van der Waals surface area contributed by atoms with Crippen LogP contribution in [0.5, 0.6) is 5.75 Å². The minimum atomic E-state index is -3.06. The molecule has 3 rings (SSSR count). The molecule has 2 fully saturated rings. The normalized spacial score (nSPS) is 25.1. The van der Waals surface area contributed by atoms with Crippen LogP contribution in [0.1, 0.15) is 12.0 Å². The zero-order valence-electron chi connectivity index (χ0n) is 14.3. The van der Waals surface area contributed by atoms with Crippen LogP contribution in [0.3, 0.4) is 0 Å². The van der Waals surface area contributed by atoms with Crippen LogP contribution in [-0.2, 0) is 21.1 Å². The maximum absolute atomic E-state index is 12.0. The molecule has 0 bridgehead atoms. The van der Waals surface area contributed by atoms with E-state index >= 15 is 0 Å². The van der Waals surface area contributed by atoms with Gasteiger partial charge in [-0.1, -0.05) is 23.9 Å². The van der Waals surface area contributed by atoms with Crippen molar-refractivity contribution in [3.05, 3.63) is 29.8 Å². The number of nitriles is 1. The number of benzene rings is 1. The van der Waals surface area contributed by atoms with E-state index in [0.717, 1.165) is 11.3 Å². The van der Waals surface area contributed by atoms with Crippen LogP contribution >= 0.6 is 11.8 Å². The molecule has 0 N–H and O–H groups in total. The molecular weight excluding hydrogens is 374 g/mol. The third-order valence-corrected chi connectivity index (χ3v) is 7.67. The van der Waals surface area contributed by atoms with Gasteiger partial charge in [0.2, 0.25) is 0 Å². The van der Waals surface area contributed by atoms with E-state index in [1.807, 2.05) is 29.2 Å². The Balaban J connectivity index is 1.76. The van der Waals surface area contributed by atoms with Gasteiger partial charge in [0.25, 0.3) is 5.91 Å². The number of amides is 1. The first-order chi connectivity index (χ1) is 12.4. The molecule has 1 amide bonds. The summed E-state index contributed by atoms with van der Waals surface area (Å²) in [6.45, 7) is 0.564. The molecule has 1 aromatic rings. The van der Waals surface area contributed by atoms with Gasteiger partial charge in [0.05, 0.1) is 30.7 Å². The van der Waals surface area contributed by atoms with Gasteiger partial charge in [0.1, 0.15) is 12.2 Å². The van der Waals surface area contributed by atoms with Crippen LogP contribution in [0.4, 0.5) is 0 Å². The van der Waals surface area contributed by atoms with Gasteiger partial charge in [-0.15, -0.1) is 0 Å². The monoisotopic (exact) mass is 393 g/mol. The Hall–Kier alpha value is -2.05. The average Bonchev–Trinajstić information content (AvgIpc) is 3.05. The summed E-state index contributed by atoms with van der Waals surface area (Å²) in [5, 5.41) is 9.08. The fourth-order valence-corrected chi connectivity index (χ4v) is 7.15. The Morgan fingerprint density at radius 3 is 2.77 bits per heavy atom. The van der Waals surface area contributed by atoms with Gasteiger partial charge in [-0.25, -0.2) is 8.42 Å². The van der Waals surface area contributed by atoms with Gasteiger partial charge in [0.15, 0.2) is 15.0 Å². The number of thioether (sulfide) groups is 1. The molecule has 2 aliphatic heterocycles. The summed E-state index contributed by atoms with van der Waals surface area (Å²) in [5.74, 6) is 0.468. The number of fused-ring (bicyclic) bond motifs is 1. The lowest BCUT2D eigenvalue weighted by molar-refractivity contribution is -0.116. The highest BCUT2D eigenvalue weighted by Gasteiger charge is 2.48. The summed E-state index contributed by atoms with van der Waals surface area (Å²) in [5.41, 5.74) is 1.09. The number of ether oxygens (including phenoxy) is 1. The molecule has 1 aromatic carbocycles. The highest BCUT2D eigenvalue weighted by Crippen LogP contribution is 2.38. The van der Waals surface area contributed by atoms with Gasteiger partial charge in [-0.2, -0.15) is 10.3 Å². The molecular formula is C17H19N3O4S2. The quantitative estimate of drug-likeness (QED) is 0.742. The number of amidine groups is 1. The van der Waals surface area contributed by atoms with Crippen molar-refractivity contribution in [1.29, 1.82) is 5.26 Å². The minimum Gasteiger partial charge on any atom is -0.497 e. The van der Waals surface area contributed by atoms with Crippen LogP contribution in [-0.4, -0.2) is 60.8 Å². The number of carbonyl (C=O) groups is 1. The minimum absolute atomic E-state index is 0.0821. The number of methoxy groups -OCH3 is 1. The summed E-state index contributed by atoms with van der Waals surface area (Å²) >= 11 is 1.33. The van der Waals surface area contributed by atoms with Crippen LogP contribution in [0.25, 0.3) is 0 Å². The Morgan fingerprint density at radius 2 is 2.12 bits per heavy atom. The third kappa shape index (κ3) is 4.19. The zero-order valence-corrected chi connectivity index (χ0v) is 15.9. The second kappa shape index (κ2) is 7.68. The zero-order chi connectivity index (χ0) is 18.7. The lowest BCUT2D eigenvalue weighted by Crippen LogP contribution is -2.39. The highest BCUT2D eigenvalue weighted by molar-refractivity contribution is 8.15. The van der Waals surface area contributed by atoms with Crippen molar-refractivity contribution in [1.82, 2.24) is 4.90 Å². The van der Waals surface area contributed by atoms with E-state index in [4.69, 9.17) is 10.00 Å². The summed E-state index contributed by atoms with van der Waals surface area (Å²) in [6.07, 6.45) is 0.420. The molecule has 2 heterocycles. The fourth-order valence-electron chi connectivity index (χ4n) is 3.15. The van der Waals surface area contributed by atoms with E-state index in [-0.39, 0.29) is 29.2 Å². The summed E-state index contributed by atoms with van der Waals surface area (Å²) in [7, 11) is -1.45. The fraction of sp³-hybridized carbons (Fsp3) is 0.471. The van der Waals surface area contributed by atoms with Gasteiger partial charge in [-0.3, -0.25) is 4.79 Å². The van der Waals surface area contributed by atoms with Crippen LogP contribution < -0.4 is 4.74 Å². The maximum atomic E-state index is 12.0. The third-order valence-electron chi connectivity index (χ3n) is 4.43. The Labute approximate surface area is 157 Å². The molecule has 2 aliphatic rings. The number of rotatable bonds is 5. The number of aliphatic imine (C=N–C) groups is 1. The second-order valence-electron chi connectivity index (χ2n) is 6.22. The van der Waals surface area contributed by atoms with Crippen molar-refractivity contribution in [2.24, 2.45) is 4.99 Å². The van der Waals surface area contributed by atoms with Crippen molar-refractivity contribution < 1.29 is 17.9 Å². The predicted octanol–water partition coefficient (Wildman–Crippen LogP) is 1.25. The van der Waals surface area contributed by atoms with Gasteiger partial charge in [0, 0.05) is 11.8 Å². The average molecular weight is 393 g/mol. The SMILES string of the molecule is COc1ccc(CCN2C(=NC(=O)CC#N)S[C@H]3CS(=O)(=O)C[C@@H]32)cc1. The van der Waals surface area contributed by atoms with Gasteiger partial charge >= 0.3 is 0 Å². The first-order valence-corrected chi connectivity index (χ1v) is 10.9. The van der Waals surface area contributed by atoms with Crippen molar-refractivity contribution in [3.63, 3.8) is 0 Å². The van der Waals surface area contributed by atoms with Crippen molar-refractivity contribution >= 4 is 32.7 Å². The van der Waals surface area contributed by atoms with E-state index in [1.165, 1.54) is 11.8 Å². The van der Waals surface area contributed by atoms with E-state index in [1.54, 1.807) is 13.2 Å². The first-order valence-electron chi connectivity index (χ1n) is 8.17. The Morgan fingerprint density at radius 1 is 1.38 bits per heavy atom. The number of nitrogens with zero attached hydrogens (tertiary/aromatic N) is 3. The second-order valence-corrected chi connectivity index (χ2v) is 9.58. The van der Waals surface area contributed by atoms with Crippen LogP contribution in [0, 0.1) is 11.3 Å². The van der Waals surface area contributed by atoms with Crippen LogP contribution in [0.2, 0.25) is 0 Å². The molecule has 0 unspecified atom stereocenters. The highest BCUT2D eigenvalue weighted by atomic mass is 32.2. The Kier molecular flexibility index (Phi) is 5.53. The molecule has 0 aromatic heterocycles. The summed E-state index contributed by atoms with van der Waals surface area (Å²) in [4.78, 5) is 17.7. The largest absolute Gasteiger partial charge is 0.497 e. The number of hydrogen-bond donors (Lipinski definition) is 0. The van der Waals surface area contributed by atoms with E-state index < -0.39 is 15.7 Å². The molecule has 138 valence electrons. The molecule has 9 heteroatoms. The summed E-state index contributed by atoms with van der Waals surface area (Å²) in [6, 6.07) is 9.30. The molecule has 7 nitrogen and oxygen atoms in total. The molecule has 0 spiro atoms. The number of carbonyl (C=O) groups excluding carboxylic acids is 1. The van der Waals surface area contributed by atoms with E-state index in [9.17, 15) is 13.2 Å². The van der Waals surface area contributed by atoms with E-state index in [2.05, 4.69) is 4.99 Å². The molecule has 0 radical (unpaired) electrons. The van der Waals surface area contributed by atoms with Crippen molar-refractivity contribution in [2.75, 3.05) is 25.2 Å². The van der Waals surface area contributed by atoms with Gasteiger partial charge < -0.3 is 9.64 Å². The maximum Gasteiger partial charge on any atom is 0.262 e. The smallest absolute Gasteiger partial charge is 0.262 e. The molecule has 2 saturated heterocycles. The van der Waals surface area contributed by atoms with Gasteiger partial charge in [-0.05, 0) is 24.1 Å². The summed E-state index contributed by atoms with van der Waals surface area (Å²) < 4.78 is 29.1. The van der Waals surface area contributed by atoms with E-state index in [0.29, 0.717) is 18.1 Å². The lowest BCUT2D eigenvalue weighted by atomic mass is 10.1. The predicted molar refractivity (Wildman–Crippen MR) is 99.9 cm³/mol. The van der Waals surface area contributed by atoms with Crippen molar-refractivity contribution in [2.45, 2.75) is 24.1 Å². The molecule has 0 saturated carbocycles. The molecule has 26 heavy (non-hydrogen) atoms. The number of hydrogen-bond acceptors (Lipinski definition) is 6. The standard InChI is InChI=1S/C17H19N3O4S2/c1-24-13-4-2-12(3-5-13)7-9-20-14-10-26(22,23)11-15(14)25-17(20)19-16(21)6-8-18/h2-5,14-15H,6-7,9-11H2,1H3/t14-,15-/m0/s1. The topological polar surface area (TPSA) is 99.8 Å². The molecule has 2 atom stereocenters. The lowest BCUT2D eigenvalue weighted by Gasteiger charge is -2.24.